The van der Waals surface area contributed by atoms with E-state index in [2.05, 4.69) is 29.4 Å². The number of pyridine rings is 1. The number of rotatable bonds is 4. The van der Waals surface area contributed by atoms with Crippen LogP contribution in [0.25, 0.3) is 22.0 Å². The monoisotopic (exact) mass is 448 g/mol. The van der Waals surface area contributed by atoms with E-state index in [1.54, 1.807) is 23.4 Å². The number of aliphatic hydroxyl groups is 1. The fourth-order valence-corrected chi connectivity index (χ4v) is 8.55. The number of H-pyrrole nitrogens is 1. The fourth-order valence-electron chi connectivity index (χ4n) is 8.11. The molecule has 1 spiro atoms. The highest BCUT2D eigenvalue weighted by Gasteiger charge is 2.75. The first-order valence-corrected chi connectivity index (χ1v) is 12.9. The van der Waals surface area contributed by atoms with Crippen LogP contribution in [0, 0.1) is 23.2 Å². The predicted octanol–water partition coefficient (Wildman–Crippen LogP) is 4.57. The summed E-state index contributed by atoms with van der Waals surface area (Å²) in [6.07, 6.45) is 11.3. The van der Waals surface area contributed by atoms with Crippen molar-refractivity contribution in [2.45, 2.75) is 48.7 Å². The Kier molecular flexibility index (Phi) is 3.76. The van der Waals surface area contributed by atoms with Crippen LogP contribution in [0.1, 0.15) is 32.1 Å². The maximum Gasteiger partial charge on any atom is 0.274 e. The van der Waals surface area contributed by atoms with Crippen LogP contribution < -0.4 is 10.3 Å². The molecule has 4 saturated carbocycles. The van der Waals surface area contributed by atoms with Gasteiger partial charge in [-0.2, -0.15) is 0 Å². The number of nitrogens with zero attached hydrogens (tertiary/aromatic N) is 1. The van der Waals surface area contributed by atoms with E-state index in [-0.39, 0.29) is 17.3 Å². The molecule has 5 nitrogen and oxygen atoms in total. The van der Waals surface area contributed by atoms with Crippen LogP contribution in [0.3, 0.4) is 0 Å². The van der Waals surface area contributed by atoms with Gasteiger partial charge in [0.2, 0.25) is 0 Å². The molecule has 4 fully saturated rings. The van der Waals surface area contributed by atoms with Gasteiger partial charge >= 0.3 is 0 Å². The number of aliphatic hydroxyl groups excluding tert-OH is 1. The smallest absolute Gasteiger partial charge is 0.274 e. The van der Waals surface area contributed by atoms with Crippen molar-refractivity contribution in [1.82, 2.24) is 9.55 Å². The Labute approximate surface area is 191 Å². The second-order valence-corrected chi connectivity index (χ2v) is 11.6. The van der Waals surface area contributed by atoms with Gasteiger partial charge in [-0.15, -0.1) is 11.8 Å². The lowest BCUT2D eigenvalue weighted by Crippen LogP contribution is -2.54. The third kappa shape index (κ3) is 2.32. The van der Waals surface area contributed by atoms with Crippen LogP contribution in [0.2, 0.25) is 0 Å². The van der Waals surface area contributed by atoms with Gasteiger partial charge in [-0.1, -0.05) is 0 Å². The normalized spacial score (nSPS) is 36.5. The van der Waals surface area contributed by atoms with Crippen LogP contribution in [0.5, 0.6) is 5.75 Å². The Morgan fingerprint density at radius 3 is 2.91 bits per heavy atom. The zero-order chi connectivity index (χ0) is 21.8. The Bertz CT molecular complexity index is 1330. The molecule has 6 unspecified atom stereocenters. The number of thioether (sulfide) groups is 1. The lowest BCUT2D eigenvalue weighted by molar-refractivity contribution is -0.139. The molecule has 0 amide bonds. The topological polar surface area (TPSA) is 67.2 Å². The first-order valence-electron chi connectivity index (χ1n) is 11.7. The van der Waals surface area contributed by atoms with Gasteiger partial charge in [0.25, 0.3) is 5.56 Å². The van der Waals surface area contributed by atoms with E-state index in [0.29, 0.717) is 28.7 Å². The number of hydrogen-bond acceptors (Lipinski definition) is 4. The molecule has 1 aromatic carbocycles. The van der Waals surface area contributed by atoms with Gasteiger partial charge in [0.15, 0.2) is 0 Å². The number of aromatic nitrogens is 2. The van der Waals surface area contributed by atoms with Crippen molar-refractivity contribution in [2.75, 3.05) is 6.26 Å². The number of benzene rings is 1. The minimum absolute atomic E-state index is 0.0220. The Morgan fingerprint density at radius 2 is 2.06 bits per heavy atom. The van der Waals surface area contributed by atoms with Crippen LogP contribution in [0.15, 0.2) is 46.3 Å². The standard InChI is InChI=1S/C26H28N2O3S/c1-28-12-18(16-5-6-27-22(16)24(28)30)17-8-15(32-2)3-4-21(17)31-25-9-14-7-19-23(29)20(11-25)26(19,10-14)13-25/h3-6,8,12,14,19-20,23,27,29H,7,9-11,13H2,1-2H3. The summed E-state index contributed by atoms with van der Waals surface area (Å²) in [4.78, 5) is 16.9. The van der Waals surface area contributed by atoms with E-state index in [1.807, 2.05) is 18.5 Å². The Balaban J connectivity index is 1.36. The molecule has 0 saturated heterocycles. The third-order valence-corrected chi connectivity index (χ3v) is 9.88. The van der Waals surface area contributed by atoms with Crippen molar-refractivity contribution >= 4 is 22.7 Å². The van der Waals surface area contributed by atoms with Gasteiger partial charge < -0.3 is 19.4 Å². The highest BCUT2D eigenvalue weighted by molar-refractivity contribution is 7.98. The van der Waals surface area contributed by atoms with E-state index in [4.69, 9.17) is 4.74 Å². The number of aromatic amines is 1. The molecule has 2 heterocycles. The average Bonchev–Trinajstić information content (AvgIpc) is 3.42. The van der Waals surface area contributed by atoms with E-state index in [0.717, 1.165) is 41.5 Å². The Morgan fingerprint density at radius 1 is 1.19 bits per heavy atom. The summed E-state index contributed by atoms with van der Waals surface area (Å²) >= 11 is 1.71. The molecular formula is C26H28N2O3S. The maximum atomic E-state index is 12.6. The van der Waals surface area contributed by atoms with Gasteiger partial charge in [0.1, 0.15) is 16.9 Å². The van der Waals surface area contributed by atoms with Crippen molar-refractivity contribution in [3.05, 3.63) is 47.0 Å². The van der Waals surface area contributed by atoms with Gasteiger partial charge in [-0.05, 0) is 85.8 Å². The summed E-state index contributed by atoms with van der Waals surface area (Å²) in [5, 5.41) is 11.7. The largest absolute Gasteiger partial charge is 0.487 e. The molecule has 0 radical (unpaired) electrons. The third-order valence-electron chi connectivity index (χ3n) is 9.16. The first kappa shape index (κ1) is 19.3. The molecule has 4 aliphatic rings. The first-order chi connectivity index (χ1) is 15.4. The molecule has 166 valence electrons. The molecule has 3 bridgehead atoms. The zero-order valence-electron chi connectivity index (χ0n) is 18.4. The van der Waals surface area contributed by atoms with E-state index < -0.39 is 0 Å². The molecule has 4 aliphatic carbocycles. The molecule has 2 N–H and O–H groups in total. The second-order valence-electron chi connectivity index (χ2n) is 10.7. The van der Waals surface area contributed by atoms with Crippen molar-refractivity contribution < 1.29 is 9.84 Å². The molecular weight excluding hydrogens is 420 g/mol. The minimum Gasteiger partial charge on any atom is -0.487 e. The average molecular weight is 449 g/mol. The number of nitrogens with one attached hydrogen (secondary N) is 1. The minimum atomic E-state index is -0.173. The highest BCUT2D eigenvalue weighted by Crippen LogP contribution is 2.76. The maximum absolute atomic E-state index is 12.6. The van der Waals surface area contributed by atoms with Crippen LogP contribution in [-0.2, 0) is 7.05 Å². The second kappa shape index (κ2) is 6.23. The number of hydrogen-bond donors (Lipinski definition) is 2. The fraction of sp³-hybridized carbons (Fsp3) is 0.500. The molecule has 3 aromatic rings. The van der Waals surface area contributed by atoms with Gasteiger partial charge in [0.05, 0.1) is 6.10 Å². The van der Waals surface area contributed by atoms with E-state index in [1.165, 1.54) is 17.7 Å². The summed E-state index contributed by atoms with van der Waals surface area (Å²) in [6, 6.07) is 8.42. The van der Waals surface area contributed by atoms with Crippen LogP contribution in [0.4, 0.5) is 0 Å². The van der Waals surface area contributed by atoms with Crippen molar-refractivity contribution in [3.63, 3.8) is 0 Å². The van der Waals surface area contributed by atoms with Crippen molar-refractivity contribution in [3.8, 4) is 16.9 Å². The molecule has 32 heavy (non-hydrogen) atoms. The zero-order valence-corrected chi connectivity index (χ0v) is 19.2. The number of fused-ring (bicyclic) bond motifs is 3. The highest BCUT2D eigenvalue weighted by atomic mass is 32.2. The molecule has 0 aliphatic heterocycles. The molecule has 6 heteroatoms. The van der Waals surface area contributed by atoms with E-state index in [9.17, 15) is 9.90 Å². The summed E-state index contributed by atoms with van der Waals surface area (Å²) in [5.74, 6) is 2.47. The molecule has 6 atom stereocenters. The number of aryl methyl sites for hydroxylation is 1. The SMILES string of the molecule is CSc1ccc(OC23CC4CC5C(O)C(C2)C5(C4)C3)c(-c2cn(C)c(=O)c3[nH]ccc23)c1. The van der Waals surface area contributed by atoms with Gasteiger partial charge in [-0.25, -0.2) is 0 Å². The van der Waals surface area contributed by atoms with Crippen molar-refractivity contribution in [1.29, 1.82) is 0 Å². The molecule has 7 rings (SSSR count). The summed E-state index contributed by atoms with van der Waals surface area (Å²) < 4.78 is 8.67. The predicted molar refractivity (Wildman–Crippen MR) is 126 cm³/mol. The lowest BCUT2D eigenvalue weighted by Gasteiger charge is -2.53. The number of ether oxygens (including phenoxy) is 1. The summed E-state index contributed by atoms with van der Waals surface area (Å²) in [6.45, 7) is 0. The quantitative estimate of drug-likeness (QED) is 0.574. The van der Waals surface area contributed by atoms with Gasteiger partial charge in [0, 0.05) is 40.8 Å². The lowest BCUT2D eigenvalue weighted by atomic mass is 9.54. The van der Waals surface area contributed by atoms with Gasteiger partial charge in [-0.3, -0.25) is 4.79 Å². The Hall–Kier alpha value is -2.18. The van der Waals surface area contributed by atoms with Crippen molar-refractivity contribution in [2.24, 2.45) is 30.2 Å². The van der Waals surface area contributed by atoms with E-state index >= 15 is 0 Å². The summed E-state index contributed by atoms with van der Waals surface area (Å²) in [5.41, 5.74) is 2.81. The van der Waals surface area contributed by atoms with Crippen LogP contribution in [-0.4, -0.2) is 32.6 Å². The molecule has 2 aromatic heterocycles. The van der Waals surface area contributed by atoms with Crippen LogP contribution >= 0.6 is 11.8 Å². The summed E-state index contributed by atoms with van der Waals surface area (Å²) in [7, 11) is 1.80.